The molecule has 0 saturated carbocycles. The highest BCUT2D eigenvalue weighted by molar-refractivity contribution is 9.10. The molecule has 0 aliphatic heterocycles. The third-order valence-corrected chi connectivity index (χ3v) is 4.09. The molecule has 0 spiro atoms. The van der Waals surface area contributed by atoms with Crippen molar-refractivity contribution in [3.8, 4) is 0 Å². The van der Waals surface area contributed by atoms with E-state index in [-0.39, 0.29) is 5.82 Å². The normalized spacial score (nSPS) is 12.7. The molecular weight excluding hydrogens is 311 g/mol. The molecule has 0 saturated heterocycles. The van der Waals surface area contributed by atoms with Crippen molar-refractivity contribution in [2.75, 3.05) is 0 Å². The average molecular weight is 327 g/mol. The Hall–Kier alpha value is -1.20. The maximum absolute atomic E-state index is 13.5. The molecule has 2 rings (SSSR count). The second-order valence-electron chi connectivity index (χ2n) is 4.63. The average Bonchev–Trinajstić information content (AvgIpc) is 2.60. The Balaban J connectivity index is 2.39. The third-order valence-electron chi connectivity index (χ3n) is 3.21. The third kappa shape index (κ3) is 2.72. The molecule has 0 bridgehead atoms. The predicted molar refractivity (Wildman–Crippen MR) is 75.5 cm³/mol. The summed E-state index contributed by atoms with van der Waals surface area (Å²) >= 11 is 3.25. The fraction of sp³-hybridized carbons (Fsp3) is 0.357. The van der Waals surface area contributed by atoms with Crippen LogP contribution in [0.15, 0.2) is 22.7 Å². The highest BCUT2D eigenvalue weighted by atomic mass is 79.9. The smallest absolute Gasteiger partial charge is 0.137 e. The summed E-state index contributed by atoms with van der Waals surface area (Å²) < 4.78 is 15.7. The number of halogens is 2. The minimum absolute atomic E-state index is 0.283. The van der Waals surface area contributed by atoms with Gasteiger partial charge in [0.05, 0.1) is 22.8 Å². The summed E-state index contributed by atoms with van der Waals surface area (Å²) in [6.07, 6.45) is -0.551. The summed E-state index contributed by atoms with van der Waals surface area (Å²) in [6, 6.07) is 4.94. The second-order valence-corrected chi connectivity index (χ2v) is 5.42. The number of aromatic nitrogens is 2. The number of hydrogen-bond donors (Lipinski definition) is 1. The van der Waals surface area contributed by atoms with E-state index in [1.807, 2.05) is 19.9 Å². The van der Waals surface area contributed by atoms with Crippen LogP contribution < -0.4 is 0 Å². The van der Waals surface area contributed by atoms with Gasteiger partial charge in [0.2, 0.25) is 0 Å². The van der Waals surface area contributed by atoms with E-state index in [4.69, 9.17) is 0 Å². The maximum Gasteiger partial charge on any atom is 0.137 e. The van der Waals surface area contributed by atoms with Crippen LogP contribution in [0.4, 0.5) is 4.39 Å². The van der Waals surface area contributed by atoms with Gasteiger partial charge in [-0.1, -0.05) is 12.1 Å². The van der Waals surface area contributed by atoms with Crippen LogP contribution in [0.5, 0.6) is 0 Å². The molecule has 19 heavy (non-hydrogen) atoms. The lowest BCUT2D eigenvalue weighted by molar-refractivity contribution is 0.197. The molecule has 1 N–H and O–H groups in total. The predicted octanol–water partition coefficient (Wildman–Crippen LogP) is 3.50. The largest absolute Gasteiger partial charge is 0.389 e. The van der Waals surface area contributed by atoms with Gasteiger partial charge in [-0.15, -0.1) is 0 Å². The minimum Gasteiger partial charge on any atom is -0.389 e. The minimum atomic E-state index is -0.551. The first-order chi connectivity index (χ1) is 8.91. The van der Waals surface area contributed by atoms with Crippen molar-refractivity contribution in [1.82, 2.24) is 9.78 Å². The van der Waals surface area contributed by atoms with Gasteiger partial charge in [0.1, 0.15) is 5.82 Å². The van der Waals surface area contributed by atoms with Gasteiger partial charge >= 0.3 is 0 Å². The van der Waals surface area contributed by atoms with Crippen LogP contribution in [0.25, 0.3) is 0 Å². The van der Waals surface area contributed by atoms with E-state index < -0.39 is 6.10 Å². The lowest BCUT2D eigenvalue weighted by Gasteiger charge is -2.09. The monoisotopic (exact) mass is 326 g/mol. The van der Waals surface area contributed by atoms with Crippen molar-refractivity contribution < 1.29 is 9.50 Å². The van der Waals surface area contributed by atoms with Gasteiger partial charge < -0.3 is 5.11 Å². The molecular formula is C14H16BrFN2O. The van der Waals surface area contributed by atoms with E-state index >= 15 is 0 Å². The van der Waals surface area contributed by atoms with Crippen molar-refractivity contribution >= 4 is 15.9 Å². The summed E-state index contributed by atoms with van der Waals surface area (Å²) in [5, 5.41) is 14.2. The summed E-state index contributed by atoms with van der Waals surface area (Å²) in [7, 11) is 0. The zero-order valence-corrected chi connectivity index (χ0v) is 12.7. The van der Waals surface area contributed by atoms with Gasteiger partial charge in [-0.05, 0) is 48.3 Å². The Morgan fingerprint density at radius 3 is 2.68 bits per heavy atom. The zero-order valence-electron chi connectivity index (χ0n) is 11.1. The first-order valence-corrected chi connectivity index (χ1v) is 6.86. The number of aliphatic hydroxyl groups excluding tert-OH is 1. The summed E-state index contributed by atoms with van der Waals surface area (Å²) in [5.74, 6) is -0.283. The fourth-order valence-electron chi connectivity index (χ4n) is 2.30. The van der Waals surface area contributed by atoms with E-state index in [1.54, 1.807) is 17.7 Å². The first kappa shape index (κ1) is 14.2. The molecule has 0 amide bonds. The molecule has 0 radical (unpaired) electrons. The molecule has 1 aromatic carbocycles. The van der Waals surface area contributed by atoms with Crippen LogP contribution in [-0.2, 0) is 6.54 Å². The summed E-state index contributed by atoms with van der Waals surface area (Å²) in [6.45, 7) is 5.97. The SMILES string of the molecule is Cc1nn(Cc2cccc(F)c2Br)c(C)c1C(C)O. The van der Waals surface area contributed by atoms with E-state index in [0.717, 1.165) is 22.5 Å². The summed E-state index contributed by atoms with van der Waals surface area (Å²) in [5.41, 5.74) is 3.37. The van der Waals surface area contributed by atoms with Crippen molar-refractivity contribution in [2.24, 2.45) is 0 Å². The molecule has 102 valence electrons. The van der Waals surface area contributed by atoms with E-state index in [1.165, 1.54) is 6.07 Å². The molecule has 0 fully saturated rings. The highest BCUT2D eigenvalue weighted by Crippen LogP contribution is 2.25. The van der Waals surface area contributed by atoms with Crippen LogP contribution in [0.2, 0.25) is 0 Å². The number of rotatable bonds is 3. The summed E-state index contributed by atoms with van der Waals surface area (Å²) in [4.78, 5) is 0. The van der Waals surface area contributed by atoms with Crippen molar-refractivity contribution in [3.63, 3.8) is 0 Å². The van der Waals surface area contributed by atoms with Crippen LogP contribution in [0.3, 0.4) is 0 Å². The molecule has 1 atom stereocenters. The maximum atomic E-state index is 13.5. The molecule has 0 aliphatic rings. The topological polar surface area (TPSA) is 38.0 Å². The number of benzene rings is 1. The van der Waals surface area contributed by atoms with Crippen molar-refractivity contribution in [1.29, 1.82) is 0 Å². The Labute approximate surface area is 120 Å². The second kappa shape index (κ2) is 5.43. The molecule has 1 heterocycles. The number of aryl methyl sites for hydroxylation is 1. The van der Waals surface area contributed by atoms with Gasteiger partial charge in [0, 0.05) is 11.3 Å². The first-order valence-electron chi connectivity index (χ1n) is 6.06. The quantitative estimate of drug-likeness (QED) is 0.937. The van der Waals surface area contributed by atoms with Crippen molar-refractivity contribution in [3.05, 3.63) is 51.0 Å². The Bertz CT molecular complexity index is 608. The molecule has 2 aromatic rings. The van der Waals surface area contributed by atoms with E-state index in [9.17, 15) is 9.50 Å². The molecule has 1 unspecified atom stereocenters. The Kier molecular flexibility index (Phi) is 4.06. The van der Waals surface area contributed by atoms with Crippen LogP contribution in [0.1, 0.15) is 35.5 Å². The number of hydrogen-bond acceptors (Lipinski definition) is 2. The van der Waals surface area contributed by atoms with Crippen LogP contribution in [-0.4, -0.2) is 14.9 Å². The van der Waals surface area contributed by atoms with Crippen molar-refractivity contribution in [2.45, 2.75) is 33.4 Å². The molecule has 5 heteroatoms. The number of aliphatic hydroxyl groups is 1. The van der Waals surface area contributed by atoms with Crippen LogP contribution in [0, 0.1) is 19.7 Å². The van der Waals surface area contributed by atoms with Gasteiger partial charge in [-0.2, -0.15) is 5.10 Å². The zero-order chi connectivity index (χ0) is 14.2. The van der Waals surface area contributed by atoms with E-state index in [2.05, 4.69) is 21.0 Å². The Morgan fingerprint density at radius 2 is 2.11 bits per heavy atom. The van der Waals surface area contributed by atoms with Crippen LogP contribution >= 0.6 is 15.9 Å². The molecule has 3 nitrogen and oxygen atoms in total. The molecule has 1 aromatic heterocycles. The Morgan fingerprint density at radius 1 is 1.42 bits per heavy atom. The lowest BCUT2D eigenvalue weighted by atomic mass is 10.1. The van der Waals surface area contributed by atoms with E-state index in [0.29, 0.717) is 11.0 Å². The lowest BCUT2D eigenvalue weighted by Crippen LogP contribution is -2.06. The van der Waals surface area contributed by atoms with Gasteiger partial charge in [-0.3, -0.25) is 4.68 Å². The number of nitrogens with zero attached hydrogens (tertiary/aromatic N) is 2. The van der Waals surface area contributed by atoms with Gasteiger partial charge in [0.15, 0.2) is 0 Å². The standard InChI is InChI=1S/C14H16BrFN2O/c1-8-13(10(3)19)9(2)18(17-8)7-11-5-4-6-12(16)14(11)15/h4-6,10,19H,7H2,1-3H3. The fourth-order valence-corrected chi connectivity index (χ4v) is 2.69. The molecule has 0 aliphatic carbocycles. The van der Waals surface area contributed by atoms with Gasteiger partial charge in [-0.25, -0.2) is 4.39 Å². The highest BCUT2D eigenvalue weighted by Gasteiger charge is 2.16. The van der Waals surface area contributed by atoms with Gasteiger partial charge in [0.25, 0.3) is 0 Å².